The van der Waals surface area contributed by atoms with Crippen LogP contribution in [0.25, 0.3) is 11.0 Å². The van der Waals surface area contributed by atoms with Gasteiger partial charge in [0.2, 0.25) is 5.78 Å². The maximum absolute atomic E-state index is 11.2. The molecule has 0 aliphatic rings. The minimum atomic E-state index is -0.615. The molecule has 5 nitrogen and oxygen atoms in total. The van der Waals surface area contributed by atoms with E-state index in [1.54, 1.807) is 18.2 Å². The highest BCUT2D eigenvalue weighted by Gasteiger charge is 2.08. The van der Waals surface area contributed by atoms with Crippen LogP contribution < -0.4 is 5.32 Å². The fourth-order valence-electron chi connectivity index (χ4n) is 1.43. The summed E-state index contributed by atoms with van der Waals surface area (Å²) < 4.78 is 0. The van der Waals surface area contributed by atoms with Crippen molar-refractivity contribution in [2.24, 2.45) is 0 Å². The summed E-state index contributed by atoms with van der Waals surface area (Å²) in [6, 6.07) is 5.24. The molecule has 16 heavy (non-hydrogen) atoms. The Kier molecular flexibility index (Phi) is 2.44. The van der Waals surface area contributed by atoms with E-state index in [9.17, 15) is 9.59 Å². The highest BCUT2D eigenvalue weighted by molar-refractivity contribution is 6.39. The number of ketones is 1. The summed E-state index contributed by atoms with van der Waals surface area (Å²) in [7, 11) is 0. The number of aromatic amines is 1. The number of imidazole rings is 1. The number of nitrogens with one attached hydrogen (secondary N) is 2. The van der Waals surface area contributed by atoms with Crippen LogP contribution in [0.2, 0.25) is 0 Å². The summed E-state index contributed by atoms with van der Waals surface area (Å²) in [5, 5.41) is 2.51. The molecule has 0 fully saturated rings. The van der Waals surface area contributed by atoms with Crippen LogP contribution in [0.15, 0.2) is 18.2 Å². The van der Waals surface area contributed by atoms with E-state index in [4.69, 9.17) is 0 Å². The van der Waals surface area contributed by atoms with E-state index in [2.05, 4.69) is 15.3 Å². The smallest absolute Gasteiger partial charge is 0.291 e. The van der Waals surface area contributed by atoms with Gasteiger partial charge < -0.3 is 10.3 Å². The minimum Gasteiger partial charge on any atom is -0.342 e. The lowest BCUT2D eigenvalue weighted by Crippen LogP contribution is -2.19. The molecular weight excluding hydrogens is 206 g/mol. The van der Waals surface area contributed by atoms with Crippen LogP contribution in [-0.2, 0) is 9.59 Å². The Balaban J connectivity index is 2.32. The molecule has 0 aliphatic carbocycles. The Labute approximate surface area is 91.9 Å². The third-order valence-electron chi connectivity index (χ3n) is 2.18. The number of H-pyrrole nitrogens is 1. The summed E-state index contributed by atoms with van der Waals surface area (Å²) in [6.07, 6.45) is 0. The number of aryl methyl sites for hydroxylation is 1. The number of aromatic nitrogens is 2. The van der Waals surface area contributed by atoms with Crippen molar-refractivity contribution in [3.05, 3.63) is 24.0 Å². The van der Waals surface area contributed by atoms with Gasteiger partial charge in [0.1, 0.15) is 5.82 Å². The zero-order chi connectivity index (χ0) is 11.7. The molecule has 1 amide bonds. The van der Waals surface area contributed by atoms with Crippen molar-refractivity contribution < 1.29 is 9.59 Å². The SMILES string of the molecule is CC(=O)C(=O)Nc1ccc2nc(C)[nH]c2c1. The molecule has 0 bridgehead atoms. The van der Waals surface area contributed by atoms with Gasteiger partial charge in [-0.3, -0.25) is 9.59 Å². The van der Waals surface area contributed by atoms with Crippen molar-refractivity contribution >= 4 is 28.4 Å². The van der Waals surface area contributed by atoms with Gasteiger partial charge in [-0.2, -0.15) is 0 Å². The number of hydrogen-bond donors (Lipinski definition) is 2. The fraction of sp³-hybridized carbons (Fsp3) is 0.182. The largest absolute Gasteiger partial charge is 0.342 e. The number of fused-ring (bicyclic) bond motifs is 1. The fourth-order valence-corrected chi connectivity index (χ4v) is 1.43. The second kappa shape index (κ2) is 3.77. The van der Waals surface area contributed by atoms with E-state index in [0.29, 0.717) is 5.69 Å². The first-order valence-electron chi connectivity index (χ1n) is 4.84. The average molecular weight is 217 g/mol. The molecule has 1 aromatic carbocycles. The van der Waals surface area contributed by atoms with E-state index >= 15 is 0 Å². The molecule has 2 rings (SSSR count). The normalized spacial score (nSPS) is 10.4. The predicted octanol–water partition coefficient (Wildman–Crippen LogP) is 1.40. The van der Waals surface area contributed by atoms with Gasteiger partial charge in [0, 0.05) is 12.6 Å². The molecule has 2 N–H and O–H groups in total. The summed E-state index contributed by atoms with van der Waals surface area (Å²) in [4.78, 5) is 29.2. The second-order valence-electron chi connectivity index (χ2n) is 3.56. The monoisotopic (exact) mass is 217 g/mol. The third-order valence-corrected chi connectivity index (χ3v) is 2.18. The third kappa shape index (κ3) is 1.93. The number of carbonyl (C=O) groups is 2. The Morgan fingerprint density at radius 3 is 2.81 bits per heavy atom. The Morgan fingerprint density at radius 2 is 2.12 bits per heavy atom. The van der Waals surface area contributed by atoms with Crippen molar-refractivity contribution in [2.75, 3.05) is 5.32 Å². The van der Waals surface area contributed by atoms with Crippen LogP contribution >= 0.6 is 0 Å². The molecule has 5 heteroatoms. The molecule has 0 unspecified atom stereocenters. The van der Waals surface area contributed by atoms with E-state index in [0.717, 1.165) is 16.9 Å². The van der Waals surface area contributed by atoms with Crippen LogP contribution in [-0.4, -0.2) is 21.7 Å². The molecule has 0 radical (unpaired) electrons. The second-order valence-corrected chi connectivity index (χ2v) is 3.56. The van der Waals surface area contributed by atoms with Crippen molar-refractivity contribution in [3.8, 4) is 0 Å². The maximum Gasteiger partial charge on any atom is 0.291 e. The first-order valence-corrected chi connectivity index (χ1v) is 4.84. The van der Waals surface area contributed by atoms with Gasteiger partial charge in [0.25, 0.3) is 5.91 Å². The molecule has 1 heterocycles. The van der Waals surface area contributed by atoms with Crippen molar-refractivity contribution in [3.63, 3.8) is 0 Å². The van der Waals surface area contributed by atoms with E-state index < -0.39 is 11.7 Å². The number of anilines is 1. The zero-order valence-corrected chi connectivity index (χ0v) is 9.00. The lowest BCUT2D eigenvalue weighted by Gasteiger charge is -2.01. The van der Waals surface area contributed by atoms with Crippen molar-refractivity contribution in [1.29, 1.82) is 0 Å². The number of benzene rings is 1. The molecule has 0 spiro atoms. The van der Waals surface area contributed by atoms with E-state index in [-0.39, 0.29) is 0 Å². The Morgan fingerprint density at radius 1 is 1.38 bits per heavy atom. The Hall–Kier alpha value is -2.17. The topological polar surface area (TPSA) is 74.8 Å². The van der Waals surface area contributed by atoms with Crippen LogP contribution in [0.1, 0.15) is 12.7 Å². The number of amides is 1. The molecule has 2 aromatic rings. The number of hydrogen-bond acceptors (Lipinski definition) is 3. The van der Waals surface area contributed by atoms with Crippen LogP contribution in [0.3, 0.4) is 0 Å². The van der Waals surface area contributed by atoms with E-state index in [1.807, 2.05) is 6.92 Å². The van der Waals surface area contributed by atoms with Crippen LogP contribution in [0, 0.1) is 6.92 Å². The molecular formula is C11H11N3O2. The predicted molar refractivity (Wildman–Crippen MR) is 60.1 cm³/mol. The van der Waals surface area contributed by atoms with Gasteiger partial charge in [-0.1, -0.05) is 0 Å². The maximum atomic E-state index is 11.2. The standard InChI is InChI=1S/C11H11N3O2/c1-6(15)11(16)14-8-3-4-9-10(5-8)13-7(2)12-9/h3-5H,1-2H3,(H,12,13)(H,14,16). The lowest BCUT2D eigenvalue weighted by atomic mass is 10.2. The molecule has 82 valence electrons. The summed E-state index contributed by atoms with van der Waals surface area (Å²) in [6.45, 7) is 3.09. The van der Waals surface area contributed by atoms with Gasteiger partial charge in [0.15, 0.2) is 0 Å². The highest BCUT2D eigenvalue weighted by Crippen LogP contribution is 2.16. The summed E-state index contributed by atoms with van der Waals surface area (Å²) in [5.41, 5.74) is 2.24. The van der Waals surface area contributed by atoms with Gasteiger partial charge >= 0.3 is 0 Å². The molecule has 0 saturated heterocycles. The number of Topliss-reactive ketones (excluding diaryl/α,β-unsaturated/α-hetero) is 1. The van der Waals surface area contributed by atoms with Gasteiger partial charge in [-0.25, -0.2) is 4.98 Å². The zero-order valence-electron chi connectivity index (χ0n) is 9.00. The number of nitrogens with zero attached hydrogens (tertiary/aromatic N) is 1. The minimum absolute atomic E-state index is 0.513. The van der Waals surface area contributed by atoms with Crippen molar-refractivity contribution in [2.45, 2.75) is 13.8 Å². The first-order chi connectivity index (χ1) is 7.56. The first kappa shape index (κ1) is 10.4. The van der Waals surface area contributed by atoms with Gasteiger partial charge in [0.05, 0.1) is 11.0 Å². The molecule has 0 saturated carbocycles. The number of carbonyl (C=O) groups excluding carboxylic acids is 2. The Bertz CT molecular complexity index is 572. The molecule has 1 aromatic heterocycles. The van der Waals surface area contributed by atoms with Gasteiger partial charge in [-0.15, -0.1) is 0 Å². The van der Waals surface area contributed by atoms with Gasteiger partial charge in [-0.05, 0) is 25.1 Å². The van der Waals surface area contributed by atoms with Crippen LogP contribution in [0.4, 0.5) is 5.69 Å². The van der Waals surface area contributed by atoms with E-state index in [1.165, 1.54) is 6.92 Å². The summed E-state index contributed by atoms with van der Waals surface area (Å²) in [5.74, 6) is -0.318. The lowest BCUT2D eigenvalue weighted by molar-refractivity contribution is -0.133. The van der Waals surface area contributed by atoms with Crippen molar-refractivity contribution in [1.82, 2.24) is 9.97 Å². The number of rotatable bonds is 2. The average Bonchev–Trinajstić information content (AvgIpc) is 2.57. The molecule has 0 aliphatic heterocycles. The highest BCUT2D eigenvalue weighted by atomic mass is 16.2. The molecule has 0 atom stereocenters. The quantitative estimate of drug-likeness (QED) is 0.746. The summed E-state index contributed by atoms with van der Waals surface area (Å²) >= 11 is 0. The van der Waals surface area contributed by atoms with Crippen LogP contribution in [0.5, 0.6) is 0 Å².